The standard InChI is InChI=1S/C28H32N2O2S/c1-21-10-9-15-24(20-21)27(31)30-26(17-19-33-2)28(32)29-18-16-25(22-11-5-3-6-12-22)23-13-7-4-8-14-23/h3-15,20,25-26H,16-19H2,1-2H3,(H,29,32)(H,30,31). The number of benzene rings is 3. The summed E-state index contributed by atoms with van der Waals surface area (Å²) in [7, 11) is 0. The highest BCUT2D eigenvalue weighted by atomic mass is 32.2. The minimum Gasteiger partial charge on any atom is -0.354 e. The van der Waals surface area contributed by atoms with E-state index in [0.717, 1.165) is 17.7 Å². The van der Waals surface area contributed by atoms with E-state index in [1.54, 1.807) is 17.8 Å². The number of nitrogens with one attached hydrogen (secondary N) is 2. The van der Waals surface area contributed by atoms with Crippen LogP contribution in [0.25, 0.3) is 0 Å². The maximum absolute atomic E-state index is 13.0. The Morgan fingerprint density at radius 3 is 2.06 bits per heavy atom. The number of amides is 2. The summed E-state index contributed by atoms with van der Waals surface area (Å²) in [5, 5.41) is 6.00. The van der Waals surface area contributed by atoms with Crippen molar-refractivity contribution >= 4 is 23.6 Å². The Balaban J connectivity index is 1.64. The van der Waals surface area contributed by atoms with E-state index in [1.807, 2.05) is 67.8 Å². The van der Waals surface area contributed by atoms with E-state index < -0.39 is 6.04 Å². The van der Waals surface area contributed by atoms with Gasteiger partial charge in [-0.3, -0.25) is 9.59 Å². The van der Waals surface area contributed by atoms with E-state index in [1.165, 1.54) is 11.1 Å². The average Bonchev–Trinajstić information content (AvgIpc) is 2.85. The first-order valence-corrected chi connectivity index (χ1v) is 12.7. The van der Waals surface area contributed by atoms with Gasteiger partial charge < -0.3 is 10.6 Å². The maximum atomic E-state index is 13.0. The van der Waals surface area contributed by atoms with Crippen LogP contribution in [-0.4, -0.2) is 36.4 Å². The molecule has 0 aromatic heterocycles. The zero-order chi connectivity index (χ0) is 23.5. The number of hydrogen-bond donors (Lipinski definition) is 2. The van der Waals surface area contributed by atoms with Gasteiger partial charge in [0.25, 0.3) is 5.91 Å². The Morgan fingerprint density at radius 2 is 1.48 bits per heavy atom. The van der Waals surface area contributed by atoms with Gasteiger partial charge in [-0.05, 0) is 55.0 Å². The van der Waals surface area contributed by atoms with Crippen molar-refractivity contribution in [3.05, 3.63) is 107 Å². The lowest BCUT2D eigenvalue weighted by atomic mass is 9.88. The van der Waals surface area contributed by atoms with Gasteiger partial charge in [0.15, 0.2) is 0 Å². The molecule has 3 rings (SSSR count). The fourth-order valence-electron chi connectivity index (χ4n) is 3.89. The molecule has 0 heterocycles. The number of carbonyl (C=O) groups is 2. The van der Waals surface area contributed by atoms with Crippen molar-refractivity contribution < 1.29 is 9.59 Å². The highest BCUT2D eigenvalue weighted by Gasteiger charge is 2.22. The molecule has 0 fully saturated rings. The molecule has 33 heavy (non-hydrogen) atoms. The fourth-order valence-corrected chi connectivity index (χ4v) is 4.36. The molecule has 2 N–H and O–H groups in total. The third kappa shape index (κ3) is 7.50. The molecule has 0 aliphatic rings. The molecular formula is C28H32N2O2S. The zero-order valence-corrected chi connectivity index (χ0v) is 20.1. The van der Waals surface area contributed by atoms with Gasteiger partial charge in [-0.1, -0.05) is 78.4 Å². The van der Waals surface area contributed by atoms with Crippen LogP contribution in [0.5, 0.6) is 0 Å². The van der Waals surface area contributed by atoms with Crippen LogP contribution in [-0.2, 0) is 4.79 Å². The predicted octanol–water partition coefficient (Wildman–Crippen LogP) is 5.18. The lowest BCUT2D eigenvalue weighted by Crippen LogP contribution is -2.47. The smallest absolute Gasteiger partial charge is 0.251 e. The quantitative estimate of drug-likeness (QED) is 0.414. The third-order valence-electron chi connectivity index (χ3n) is 5.65. The summed E-state index contributed by atoms with van der Waals surface area (Å²) in [6, 6.07) is 27.6. The average molecular weight is 461 g/mol. The number of aryl methyl sites for hydroxylation is 1. The van der Waals surface area contributed by atoms with Gasteiger partial charge in [-0.2, -0.15) is 11.8 Å². The fraction of sp³-hybridized carbons (Fsp3) is 0.286. The molecule has 0 aliphatic heterocycles. The van der Waals surface area contributed by atoms with Gasteiger partial charge in [0.1, 0.15) is 6.04 Å². The zero-order valence-electron chi connectivity index (χ0n) is 19.3. The van der Waals surface area contributed by atoms with Crippen LogP contribution < -0.4 is 10.6 Å². The van der Waals surface area contributed by atoms with Crippen LogP contribution >= 0.6 is 11.8 Å². The molecule has 0 saturated heterocycles. The van der Waals surface area contributed by atoms with E-state index in [9.17, 15) is 9.59 Å². The molecule has 5 heteroatoms. The Bertz CT molecular complexity index is 985. The molecule has 0 aliphatic carbocycles. The molecular weight excluding hydrogens is 428 g/mol. The SMILES string of the molecule is CSCCC(NC(=O)c1cccc(C)c1)C(=O)NCCC(c1ccccc1)c1ccccc1. The van der Waals surface area contributed by atoms with Gasteiger partial charge in [-0.15, -0.1) is 0 Å². The summed E-state index contributed by atoms with van der Waals surface area (Å²) >= 11 is 1.66. The lowest BCUT2D eigenvalue weighted by molar-refractivity contribution is -0.123. The van der Waals surface area contributed by atoms with E-state index in [-0.39, 0.29) is 17.7 Å². The first-order valence-electron chi connectivity index (χ1n) is 11.3. The van der Waals surface area contributed by atoms with E-state index in [0.29, 0.717) is 18.5 Å². The molecule has 1 unspecified atom stereocenters. The van der Waals surface area contributed by atoms with E-state index in [4.69, 9.17) is 0 Å². The van der Waals surface area contributed by atoms with E-state index >= 15 is 0 Å². The van der Waals surface area contributed by atoms with Crippen LogP contribution in [0, 0.1) is 6.92 Å². The molecule has 1 atom stereocenters. The third-order valence-corrected chi connectivity index (χ3v) is 6.29. The summed E-state index contributed by atoms with van der Waals surface area (Å²) in [5.41, 5.74) is 4.04. The maximum Gasteiger partial charge on any atom is 0.251 e. The van der Waals surface area contributed by atoms with Crippen LogP contribution in [0.2, 0.25) is 0 Å². The number of rotatable bonds is 11. The first-order chi connectivity index (χ1) is 16.1. The Hall–Kier alpha value is -3.05. The summed E-state index contributed by atoms with van der Waals surface area (Å²) in [5.74, 6) is 0.638. The number of thioether (sulfide) groups is 1. The van der Waals surface area contributed by atoms with Crippen molar-refractivity contribution in [3.63, 3.8) is 0 Å². The second kappa shape index (κ2) is 12.9. The summed E-state index contributed by atoms with van der Waals surface area (Å²) in [4.78, 5) is 25.7. The van der Waals surface area contributed by atoms with Gasteiger partial charge in [0.05, 0.1) is 0 Å². The van der Waals surface area contributed by atoms with Crippen LogP contribution in [0.3, 0.4) is 0 Å². The van der Waals surface area contributed by atoms with Crippen molar-refractivity contribution in [2.24, 2.45) is 0 Å². The summed E-state index contributed by atoms with van der Waals surface area (Å²) < 4.78 is 0. The van der Waals surface area contributed by atoms with Gasteiger partial charge in [0, 0.05) is 18.0 Å². The molecule has 172 valence electrons. The van der Waals surface area contributed by atoms with Crippen molar-refractivity contribution in [2.45, 2.75) is 31.7 Å². The van der Waals surface area contributed by atoms with E-state index in [2.05, 4.69) is 34.9 Å². The first kappa shape index (κ1) is 24.6. The van der Waals surface area contributed by atoms with Crippen molar-refractivity contribution in [3.8, 4) is 0 Å². The monoisotopic (exact) mass is 460 g/mol. The lowest BCUT2D eigenvalue weighted by Gasteiger charge is -2.21. The van der Waals surface area contributed by atoms with Gasteiger partial charge in [0.2, 0.25) is 5.91 Å². The largest absolute Gasteiger partial charge is 0.354 e. The topological polar surface area (TPSA) is 58.2 Å². The van der Waals surface area contributed by atoms with Gasteiger partial charge >= 0.3 is 0 Å². The number of carbonyl (C=O) groups excluding carboxylic acids is 2. The Morgan fingerprint density at radius 1 is 0.848 bits per heavy atom. The molecule has 3 aromatic carbocycles. The van der Waals surface area contributed by atoms with Crippen molar-refractivity contribution in [1.29, 1.82) is 0 Å². The molecule has 0 radical (unpaired) electrons. The second-order valence-electron chi connectivity index (χ2n) is 8.13. The van der Waals surface area contributed by atoms with Gasteiger partial charge in [-0.25, -0.2) is 0 Å². The molecule has 3 aromatic rings. The van der Waals surface area contributed by atoms with Crippen LogP contribution in [0.15, 0.2) is 84.9 Å². The van der Waals surface area contributed by atoms with Crippen molar-refractivity contribution in [1.82, 2.24) is 10.6 Å². The minimum atomic E-state index is -0.558. The normalized spacial score (nSPS) is 11.7. The van der Waals surface area contributed by atoms with Crippen LogP contribution in [0.4, 0.5) is 0 Å². The predicted molar refractivity (Wildman–Crippen MR) is 138 cm³/mol. The molecule has 0 saturated carbocycles. The molecule has 0 bridgehead atoms. The summed E-state index contributed by atoms with van der Waals surface area (Å²) in [6.45, 7) is 2.48. The highest BCUT2D eigenvalue weighted by Crippen LogP contribution is 2.27. The molecule has 2 amide bonds. The Kier molecular flexibility index (Phi) is 9.58. The summed E-state index contributed by atoms with van der Waals surface area (Å²) in [6.07, 6.45) is 3.37. The minimum absolute atomic E-state index is 0.134. The number of hydrogen-bond acceptors (Lipinski definition) is 3. The highest BCUT2D eigenvalue weighted by molar-refractivity contribution is 7.98. The second-order valence-corrected chi connectivity index (χ2v) is 9.12. The van der Waals surface area contributed by atoms with Crippen LogP contribution in [0.1, 0.15) is 45.8 Å². The Labute approximate surface area is 201 Å². The van der Waals surface area contributed by atoms with Crippen molar-refractivity contribution in [2.75, 3.05) is 18.6 Å². The molecule has 4 nitrogen and oxygen atoms in total. The molecule has 0 spiro atoms.